The Bertz CT molecular complexity index is 314. The molecule has 0 aromatic carbocycles. The maximum Gasteiger partial charge on any atom is 0.0990 e. The van der Waals surface area contributed by atoms with Crippen molar-refractivity contribution in [3.63, 3.8) is 0 Å². The number of allylic oxidation sites excluding steroid dienone is 2. The molecule has 1 aliphatic rings. The molecule has 100 valence electrons. The predicted molar refractivity (Wildman–Crippen MR) is 68.5 cm³/mol. The van der Waals surface area contributed by atoms with Gasteiger partial charge in [0.15, 0.2) is 0 Å². The van der Waals surface area contributed by atoms with Gasteiger partial charge in [-0.3, -0.25) is 4.90 Å². The predicted octanol–water partition coefficient (Wildman–Crippen LogP) is 1.04. The third kappa shape index (κ3) is 15.4. The first-order valence-electron chi connectivity index (χ1n) is 6.05. The van der Waals surface area contributed by atoms with E-state index in [-0.39, 0.29) is 0 Å². The van der Waals surface area contributed by atoms with Crippen molar-refractivity contribution in [1.82, 2.24) is 0 Å². The Hall–Kier alpha value is -0.650. The molecule has 1 rings (SSSR count). The summed E-state index contributed by atoms with van der Waals surface area (Å²) in [4.78, 5) is 1.51. The number of hydrogen-bond donors (Lipinski definition) is 1. The largest absolute Gasteiger partial charge is 0.748 e. The van der Waals surface area contributed by atoms with E-state index in [2.05, 4.69) is 31.5 Å². The van der Waals surface area contributed by atoms with E-state index in [0.717, 1.165) is 0 Å². The molecule has 0 spiro atoms. The van der Waals surface area contributed by atoms with Crippen molar-refractivity contribution in [2.45, 2.75) is 39.0 Å². The minimum Gasteiger partial charge on any atom is -0.748 e. The summed E-state index contributed by atoms with van der Waals surface area (Å²) < 4.78 is 27.2. The van der Waals surface area contributed by atoms with Crippen LogP contribution in [0.4, 0.5) is 0 Å². The minimum atomic E-state index is -3.92. The SMILES string of the molecule is CCCCCCC[NH+]1C=CC=C1.CS(=O)(=O)[O-]. The fourth-order valence-electron chi connectivity index (χ4n) is 1.51. The van der Waals surface area contributed by atoms with Crippen molar-refractivity contribution < 1.29 is 17.9 Å². The number of nitrogens with one attached hydrogen (secondary N) is 1. The number of quaternary nitrogens is 1. The number of unbranched alkanes of at least 4 members (excludes halogenated alkanes) is 4. The van der Waals surface area contributed by atoms with Gasteiger partial charge in [0.05, 0.1) is 29.1 Å². The number of hydrogen-bond acceptors (Lipinski definition) is 3. The third-order valence-electron chi connectivity index (χ3n) is 2.30. The second kappa shape index (κ2) is 9.39. The van der Waals surface area contributed by atoms with Gasteiger partial charge in [-0.2, -0.15) is 0 Å². The highest BCUT2D eigenvalue weighted by molar-refractivity contribution is 7.84. The molecule has 4 nitrogen and oxygen atoms in total. The molecule has 0 saturated carbocycles. The highest BCUT2D eigenvalue weighted by atomic mass is 32.2. The molecule has 0 aliphatic carbocycles. The average Bonchev–Trinajstić information content (AvgIpc) is 2.67. The Kier molecular flexibility index (Phi) is 9.03. The van der Waals surface area contributed by atoms with Crippen LogP contribution in [0.15, 0.2) is 24.6 Å². The van der Waals surface area contributed by atoms with Gasteiger partial charge in [0.1, 0.15) is 0 Å². The van der Waals surface area contributed by atoms with E-state index in [9.17, 15) is 0 Å². The van der Waals surface area contributed by atoms with Gasteiger partial charge in [0, 0.05) is 6.26 Å². The minimum absolute atomic E-state index is 0.604. The summed E-state index contributed by atoms with van der Waals surface area (Å²) in [7, 11) is -3.92. The molecule has 1 heterocycles. The Morgan fingerprint density at radius 1 is 1.06 bits per heavy atom. The molecule has 0 saturated heterocycles. The zero-order valence-electron chi connectivity index (χ0n) is 10.7. The third-order valence-corrected chi connectivity index (χ3v) is 2.30. The van der Waals surface area contributed by atoms with Gasteiger partial charge in [0.2, 0.25) is 0 Å². The monoisotopic (exact) mass is 261 g/mol. The van der Waals surface area contributed by atoms with E-state index in [1.54, 1.807) is 0 Å². The molecule has 0 fully saturated rings. The molecule has 0 unspecified atom stereocenters. The zero-order valence-corrected chi connectivity index (χ0v) is 11.5. The summed E-state index contributed by atoms with van der Waals surface area (Å²) in [6.07, 6.45) is 16.2. The molecule has 0 aromatic heterocycles. The van der Waals surface area contributed by atoms with Crippen LogP contribution in [0.3, 0.4) is 0 Å². The van der Waals surface area contributed by atoms with E-state index in [0.29, 0.717) is 6.26 Å². The second-order valence-corrected chi connectivity index (χ2v) is 5.57. The van der Waals surface area contributed by atoms with E-state index < -0.39 is 10.1 Å². The van der Waals surface area contributed by atoms with Crippen molar-refractivity contribution in [2.24, 2.45) is 0 Å². The standard InChI is InChI=1S/C11H19N.CH4O3S/c1-2-3-4-5-6-9-12-10-7-8-11-12;1-5(2,3)4/h7-8,10-11H,2-6,9H2,1H3;1H3,(H,2,3,4). The van der Waals surface area contributed by atoms with Crippen LogP contribution in [0.1, 0.15) is 39.0 Å². The first kappa shape index (κ1) is 16.4. The van der Waals surface area contributed by atoms with Crippen molar-refractivity contribution in [3.8, 4) is 0 Å². The summed E-state index contributed by atoms with van der Waals surface area (Å²) in [6, 6.07) is 0. The molecule has 0 amide bonds. The summed E-state index contributed by atoms with van der Waals surface area (Å²) in [5.74, 6) is 0. The van der Waals surface area contributed by atoms with Gasteiger partial charge >= 0.3 is 0 Å². The Morgan fingerprint density at radius 2 is 1.53 bits per heavy atom. The van der Waals surface area contributed by atoms with Crippen LogP contribution in [0, 0.1) is 0 Å². The van der Waals surface area contributed by atoms with Crippen LogP contribution in [0.25, 0.3) is 0 Å². The van der Waals surface area contributed by atoms with Crippen molar-refractivity contribution in [1.29, 1.82) is 0 Å². The van der Waals surface area contributed by atoms with Crippen LogP contribution in [0.5, 0.6) is 0 Å². The molecular formula is C12H23NO3S. The lowest BCUT2D eigenvalue weighted by molar-refractivity contribution is -0.787. The lowest BCUT2D eigenvalue weighted by Crippen LogP contribution is -3.01. The molecule has 0 radical (unpaired) electrons. The normalized spacial score (nSPS) is 14.8. The molecule has 1 N–H and O–H groups in total. The second-order valence-electron chi connectivity index (χ2n) is 4.16. The molecule has 0 bridgehead atoms. The van der Waals surface area contributed by atoms with Crippen LogP contribution in [-0.4, -0.2) is 25.8 Å². The lowest BCUT2D eigenvalue weighted by atomic mass is 10.1. The Morgan fingerprint density at radius 3 is 2.00 bits per heavy atom. The van der Waals surface area contributed by atoms with Crippen molar-refractivity contribution >= 4 is 10.1 Å². The van der Waals surface area contributed by atoms with Gasteiger partial charge in [-0.05, 0) is 25.0 Å². The van der Waals surface area contributed by atoms with Gasteiger partial charge in [0.25, 0.3) is 0 Å². The Balaban J connectivity index is 0.000000437. The molecule has 1 aliphatic heterocycles. The fourth-order valence-corrected chi connectivity index (χ4v) is 1.51. The van der Waals surface area contributed by atoms with Gasteiger partial charge in [-0.1, -0.05) is 26.2 Å². The first-order chi connectivity index (χ1) is 7.93. The zero-order chi connectivity index (χ0) is 13.1. The van der Waals surface area contributed by atoms with Crippen molar-refractivity contribution in [2.75, 3.05) is 12.8 Å². The summed E-state index contributed by atoms with van der Waals surface area (Å²) in [5.41, 5.74) is 0. The van der Waals surface area contributed by atoms with E-state index in [1.165, 1.54) is 43.5 Å². The van der Waals surface area contributed by atoms with E-state index in [4.69, 9.17) is 13.0 Å². The first-order valence-corrected chi connectivity index (χ1v) is 7.86. The van der Waals surface area contributed by atoms with Crippen LogP contribution < -0.4 is 4.90 Å². The molecule has 5 heteroatoms. The van der Waals surface area contributed by atoms with Crippen LogP contribution in [0.2, 0.25) is 0 Å². The van der Waals surface area contributed by atoms with Crippen molar-refractivity contribution in [3.05, 3.63) is 24.6 Å². The summed E-state index contributed by atoms with van der Waals surface area (Å²) in [5, 5.41) is 0. The van der Waals surface area contributed by atoms with Gasteiger partial charge in [-0.25, -0.2) is 8.42 Å². The fraction of sp³-hybridized carbons (Fsp3) is 0.667. The van der Waals surface area contributed by atoms with Crippen LogP contribution >= 0.6 is 0 Å². The molecule has 0 aromatic rings. The van der Waals surface area contributed by atoms with E-state index in [1.807, 2.05) is 0 Å². The summed E-state index contributed by atoms with van der Waals surface area (Å²) in [6.45, 7) is 3.54. The highest BCUT2D eigenvalue weighted by Gasteiger charge is 2.02. The van der Waals surface area contributed by atoms with Gasteiger partial charge in [-0.15, -0.1) is 0 Å². The maximum atomic E-state index is 9.08. The lowest BCUT2D eigenvalue weighted by Gasteiger charge is -2.05. The van der Waals surface area contributed by atoms with Gasteiger partial charge < -0.3 is 4.55 Å². The molecule has 17 heavy (non-hydrogen) atoms. The molecule has 0 atom stereocenters. The topological polar surface area (TPSA) is 61.6 Å². The number of rotatable bonds is 6. The Labute approximate surface area is 105 Å². The smallest absolute Gasteiger partial charge is 0.0990 e. The summed E-state index contributed by atoms with van der Waals surface area (Å²) >= 11 is 0. The quantitative estimate of drug-likeness (QED) is 0.574. The molecular weight excluding hydrogens is 238 g/mol. The van der Waals surface area contributed by atoms with Crippen LogP contribution in [-0.2, 0) is 10.1 Å². The maximum absolute atomic E-state index is 9.08. The highest BCUT2D eigenvalue weighted by Crippen LogP contribution is 2.00. The van der Waals surface area contributed by atoms with E-state index >= 15 is 0 Å². The average molecular weight is 261 g/mol.